The Morgan fingerprint density at radius 1 is 1.38 bits per heavy atom. The van der Waals surface area contributed by atoms with E-state index in [0.29, 0.717) is 16.5 Å². The number of aromatic nitrogens is 2. The summed E-state index contributed by atoms with van der Waals surface area (Å²) < 4.78 is 26.6. The summed E-state index contributed by atoms with van der Waals surface area (Å²) in [6.45, 7) is 0.0752. The fraction of sp³-hybridized carbons (Fsp3) is 0.188. The van der Waals surface area contributed by atoms with Gasteiger partial charge in [0.25, 0.3) is 0 Å². The Kier molecular flexibility index (Phi) is 3.53. The molecule has 3 rings (SSSR count). The van der Waals surface area contributed by atoms with Gasteiger partial charge in [-0.3, -0.25) is 9.29 Å². The van der Waals surface area contributed by atoms with Crippen LogP contribution in [0.5, 0.6) is 11.6 Å². The number of sulfonamides is 1. The normalized spacial score (nSPS) is 11.7. The molecule has 0 amide bonds. The van der Waals surface area contributed by atoms with Crippen LogP contribution in [0.15, 0.2) is 24.5 Å². The van der Waals surface area contributed by atoms with Crippen molar-refractivity contribution < 1.29 is 18.6 Å². The summed E-state index contributed by atoms with van der Waals surface area (Å²) in [5.74, 6) is 1.94. The number of anilines is 1. The standard InChI is InChI=1S/C16H15N3O4S/c1-4-8-19-9-11-12(16(19)21)15(20)13-10(6-5-7-17-13)14(11)18(2)24(3,22)23/h1,5-7,9,20-21H,8H2,2-3H3. The second-order valence-electron chi connectivity index (χ2n) is 5.40. The number of phenols is 1. The lowest BCUT2D eigenvalue weighted by Crippen LogP contribution is -2.25. The molecule has 0 saturated heterocycles. The van der Waals surface area contributed by atoms with Crippen LogP contribution in [0.1, 0.15) is 0 Å². The number of pyridine rings is 1. The Balaban J connectivity index is 2.57. The third-order valence-corrected chi connectivity index (χ3v) is 5.08. The molecule has 2 aromatic heterocycles. The highest BCUT2D eigenvalue weighted by Crippen LogP contribution is 2.46. The number of aromatic hydroxyl groups is 2. The maximum Gasteiger partial charge on any atom is 0.232 e. The smallest absolute Gasteiger partial charge is 0.232 e. The lowest BCUT2D eigenvalue weighted by Gasteiger charge is -2.20. The first-order valence-electron chi connectivity index (χ1n) is 6.96. The molecular formula is C16H15N3O4S. The molecule has 0 unspecified atom stereocenters. The van der Waals surface area contributed by atoms with Gasteiger partial charge in [0.15, 0.2) is 5.75 Å². The summed E-state index contributed by atoms with van der Waals surface area (Å²) in [6, 6.07) is 3.31. The number of nitrogens with zero attached hydrogens (tertiary/aromatic N) is 3. The first kappa shape index (κ1) is 16.0. The van der Waals surface area contributed by atoms with Gasteiger partial charge in [-0.1, -0.05) is 5.92 Å². The molecule has 0 radical (unpaired) electrons. The van der Waals surface area contributed by atoms with Crippen LogP contribution in [0.3, 0.4) is 0 Å². The van der Waals surface area contributed by atoms with E-state index < -0.39 is 10.0 Å². The zero-order valence-corrected chi connectivity index (χ0v) is 13.9. The van der Waals surface area contributed by atoms with Crippen LogP contribution in [0.4, 0.5) is 5.69 Å². The predicted molar refractivity (Wildman–Crippen MR) is 92.6 cm³/mol. The van der Waals surface area contributed by atoms with E-state index in [9.17, 15) is 18.6 Å². The van der Waals surface area contributed by atoms with Crippen molar-refractivity contribution in [2.24, 2.45) is 0 Å². The van der Waals surface area contributed by atoms with E-state index in [0.717, 1.165) is 10.6 Å². The molecule has 3 aromatic rings. The second-order valence-corrected chi connectivity index (χ2v) is 7.41. The van der Waals surface area contributed by atoms with Gasteiger partial charge >= 0.3 is 0 Å². The van der Waals surface area contributed by atoms with Crippen molar-refractivity contribution in [2.45, 2.75) is 6.54 Å². The van der Waals surface area contributed by atoms with E-state index in [1.54, 1.807) is 12.1 Å². The largest absolute Gasteiger partial charge is 0.505 e. The highest BCUT2D eigenvalue weighted by atomic mass is 32.2. The minimum atomic E-state index is -3.57. The first-order valence-corrected chi connectivity index (χ1v) is 8.81. The molecule has 0 aliphatic heterocycles. The van der Waals surface area contributed by atoms with E-state index >= 15 is 0 Å². The van der Waals surface area contributed by atoms with Gasteiger partial charge in [-0.2, -0.15) is 0 Å². The number of terminal acetylenes is 1. The van der Waals surface area contributed by atoms with Crippen molar-refractivity contribution in [3.63, 3.8) is 0 Å². The predicted octanol–water partition coefficient (Wildman–Crippen LogP) is 1.63. The second kappa shape index (κ2) is 5.32. The van der Waals surface area contributed by atoms with Gasteiger partial charge in [-0.05, 0) is 12.1 Å². The Bertz CT molecular complexity index is 1110. The number of fused-ring (bicyclic) bond motifs is 2. The van der Waals surface area contributed by atoms with E-state index in [-0.39, 0.29) is 29.1 Å². The van der Waals surface area contributed by atoms with Gasteiger partial charge in [-0.15, -0.1) is 6.42 Å². The Morgan fingerprint density at radius 3 is 2.71 bits per heavy atom. The lowest BCUT2D eigenvalue weighted by atomic mass is 10.1. The minimum Gasteiger partial charge on any atom is -0.505 e. The molecule has 0 atom stereocenters. The topological polar surface area (TPSA) is 95.7 Å². The number of hydrogen-bond donors (Lipinski definition) is 2. The third-order valence-electron chi connectivity index (χ3n) is 3.90. The van der Waals surface area contributed by atoms with Crippen molar-refractivity contribution in [2.75, 3.05) is 17.6 Å². The monoisotopic (exact) mass is 345 g/mol. The van der Waals surface area contributed by atoms with Crippen molar-refractivity contribution >= 4 is 37.4 Å². The maximum absolute atomic E-state index is 12.1. The van der Waals surface area contributed by atoms with Gasteiger partial charge < -0.3 is 14.8 Å². The molecule has 0 aliphatic rings. The summed E-state index contributed by atoms with van der Waals surface area (Å²) in [6.07, 6.45) is 9.37. The highest BCUT2D eigenvalue weighted by Gasteiger charge is 2.25. The van der Waals surface area contributed by atoms with Crippen LogP contribution in [0, 0.1) is 12.3 Å². The molecule has 0 spiro atoms. The zero-order chi connectivity index (χ0) is 17.6. The Hall–Kier alpha value is -2.92. The number of rotatable bonds is 3. The van der Waals surface area contributed by atoms with Crippen LogP contribution in [-0.2, 0) is 16.6 Å². The molecule has 0 saturated carbocycles. The SMILES string of the molecule is C#CCn1cc2c(N(C)S(C)(=O)=O)c3cccnc3c(O)c2c1O. The minimum absolute atomic E-state index is 0.0752. The fourth-order valence-electron chi connectivity index (χ4n) is 2.73. The third kappa shape index (κ3) is 2.21. The number of hydrogen-bond acceptors (Lipinski definition) is 5. The van der Waals surface area contributed by atoms with Crippen LogP contribution >= 0.6 is 0 Å². The van der Waals surface area contributed by atoms with Crippen LogP contribution < -0.4 is 4.31 Å². The van der Waals surface area contributed by atoms with Crippen molar-refractivity contribution in [3.8, 4) is 24.0 Å². The van der Waals surface area contributed by atoms with Gasteiger partial charge in [0.2, 0.25) is 15.9 Å². The molecule has 2 N–H and O–H groups in total. The van der Waals surface area contributed by atoms with Crippen molar-refractivity contribution in [3.05, 3.63) is 24.5 Å². The van der Waals surface area contributed by atoms with Gasteiger partial charge in [0.1, 0.15) is 5.52 Å². The summed E-state index contributed by atoms with van der Waals surface area (Å²) in [5.41, 5.74) is 0.517. The molecule has 0 aliphatic carbocycles. The number of benzene rings is 1. The fourth-order valence-corrected chi connectivity index (χ4v) is 3.26. The molecule has 24 heavy (non-hydrogen) atoms. The molecule has 0 bridgehead atoms. The zero-order valence-electron chi connectivity index (χ0n) is 13.1. The van der Waals surface area contributed by atoms with Gasteiger partial charge in [0, 0.05) is 30.2 Å². The van der Waals surface area contributed by atoms with Gasteiger partial charge in [0.05, 0.1) is 23.9 Å². The lowest BCUT2D eigenvalue weighted by molar-refractivity contribution is 0.428. The molecule has 124 valence electrons. The van der Waals surface area contributed by atoms with E-state index in [1.165, 1.54) is 24.0 Å². The van der Waals surface area contributed by atoms with E-state index in [1.807, 2.05) is 0 Å². The summed E-state index contributed by atoms with van der Waals surface area (Å²) in [5, 5.41) is 21.8. The summed E-state index contributed by atoms with van der Waals surface area (Å²) in [4.78, 5) is 4.12. The Morgan fingerprint density at radius 2 is 2.08 bits per heavy atom. The molecule has 8 heteroatoms. The Labute approximate surface area is 138 Å². The van der Waals surface area contributed by atoms with Crippen LogP contribution in [-0.4, -0.2) is 41.5 Å². The molecule has 2 heterocycles. The molecular weight excluding hydrogens is 330 g/mol. The maximum atomic E-state index is 12.1. The van der Waals surface area contributed by atoms with E-state index in [4.69, 9.17) is 6.42 Å². The highest BCUT2D eigenvalue weighted by molar-refractivity contribution is 7.92. The number of phenolic OH excluding ortho intramolecular Hbond substituents is 1. The van der Waals surface area contributed by atoms with E-state index in [2.05, 4.69) is 10.9 Å². The van der Waals surface area contributed by atoms with Crippen LogP contribution in [0.25, 0.3) is 21.7 Å². The van der Waals surface area contributed by atoms with Crippen molar-refractivity contribution in [1.82, 2.24) is 9.55 Å². The quantitative estimate of drug-likeness (QED) is 0.704. The van der Waals surface area contributed by atoms with Crippen molar-refractivity contribution in [1.29, 1.82) is 0 Å². The van der Waals surface area contributed by atoms with Crippen LogP contribution in [0.2, 0.25) is 0 Å². The molecule has 7 nitrogen and oxygen atoms in total. The molecule has 1 aromatic carbocycles. The first-order chi connectivity index (χ1) is 11.3. The summed E-state index contributed by atoms with van der Waals surface area (Å²) in [7, 11) is -2.17. The molecule has 0 fully saturated rings. The summed E-state index contributed by atoms with van der Waals surface area (Å²) >= 11 is 0. The average molecular weight is 345 g/mol. The van der Waals surface area contributed by atoms with Gasteiger partial charge in [-0.25, -0.2) is 8.42 Å². The average Bonchev–Trinajstić information content (AvgIpc) is 2.84.